The molecule has 1 aromatic rings. The van der Waals surface area contributed by atoms with E-state index in [0.717, 1.165) is 37.4 Å². The number of hydrogen-bond donors (Lipinski definition) is 1. The van der Waals surface area contributed by atoms with Gasteiger partial charge in [-0.1, -0.05) is 6.07 Å². The Morgan fingerprint density at radius 3 is 2.09 bits per heavy atom. The molecule has 0 aliphatic rings. The van der Waals surface area contributed by atoms with Gasteiger partial charge in [0.25, 0.3) is 0 Å². The average Bonchev–Trinajstić information content (AvgIpc) is 2.45. The van der Waals surface area contributed by atoms with Gasteiger partial charge in [0.2, 0.25) is 5.75 Å². The summed E-state index contributed by atoms with van der Waals surface area (Å²) in [7, 11) is 9.05. The Labute approximate surface area is 146 Å². The third-order valence-electron chi connectivity index (χ3n) is 3.06. The van der Waals surface area contributed by atoms with Crippen LogP contribution in [0, 0.1) is 0 Å². The molecule has 130 valence electrons. The largest absolute Gasteiger partial charge is 0.493 e. The van der Waals surface area contributed by atoms with Crippen molar-refractivity contribution in [2.75, 3.05) is 48.5 Å². The van der Waals surface area contributed by atoms with Gasteiger partial charge in [0.1, 0.15) is 0 Å². The summed E-state index contributed by atoms with van der Waals surface area (Å²) in [5.41, 5.74) is 1.06. The van der Waals surface area contributed by atoms with E-state index in [1.807, 2.05) is 12.1 Å². The van der Waals surface area contributed by atoms with Crippen molar-refractivity contribution >= 4 is 24.8 Å². The number of nitrogens with one attached hydrogen (secondary N) is 1. The molecule has 22 heavy (non-hydrogen) atoms. The van der Waals surface area contributed by atoms with Gasteiger partial charge in [-0.05, 0) is 39.7 Å². The van der Waals surface area contributed by atoms with E-state index in [9.17, 15) is 0 Å². The van der Waals surface area contributed by atoms with E-state index < -0.39 is 0 Å². The minimum Gasteiger partial charge on any atom is -0.493 e. The van der Waals surface area contributed by atoms with E-state index in [1.54, 1.807) is 21.3 Å². The van der Waals surface area contributed by atoms with Crippen molar-refractivity contribution in [2.45, 2.75) is 13.0 Å². The SMILES string of the molecule is COc1ccc(CNCCCN(C)C)c(OC)c1OC.Cl.Cl. The van der Waals surface area contributed by atoms with Crippen LogP contribution in [0.15, 0.2) is 12.1 Å². The summed E-state index contributed by atoms with van der Waals surface area (Å²) in [5.74, 6) is 2.05. The molecule has 0 saturated heterocycles. The van der Waals surface area contributed by atoms with Crippen molar-refractivity contribution < 1.29 is 14.2 Å². The summed E-state index contributed by atoms with van der Waals surface area (Å²) in [6.45, 7) is 2.79. The van der Waals surface area contributed by atoms with Crippen LogP contribution in [-0.4, -0.2) is 53.4 Å². The monoisotopic (exact) mass is 354 g/mol. The molecule has 0 heterocycles. The van der Waals surface area contributed by atoms with Crippen molar-refractivity contribution in [1.82, 2.24) is 10.2 Å². The lowest BCUT2D eigenvalue weighted by Gasteiger charge is -2.16. The van der Waals surface area contributed by atoms with Crippen LogP contribution >= 0.6 is 24.8 Å². The lowest BCUT2D eigenvalue weighted by Crippen LogP contribution is -2.21. The molecule has 1 aromatic carbocycles. The Hall–Kier alpha value is -0.880. The van der Waals surface area contributed by atoms with E-state index in [2.05, 4.69) is 24.3 Å². The van der Waals surface area contributed by atoms with Crippen molar-refractivity contribution in [2.24, 2.45) is 0 Å². The zero-order valence-electron chi connectivity index (χ0n) is 14.0. The first-order valence-corrected chi connectivity index (χ1v) is 6.77. The second kappa shape index (κ2) is 12.6. The van der Waals surface area contributed by atoms with Gasteiger partial charge in [0.15, 0.2) is 11.5 Å². The van der Waals surface area contributed by atoms with Crippen LogP contribution in [0.5, 0.6) is 17.2 Å². The Morgan fingerprint density at radius 1 is 0.955 bits per heavy atom. The molecule has 0 aromatic heterocycles. The predicted molar refractivity (Wildman–Crippen MR) is 95.5 cm³/mol. The maximum absolute atomic E-state index is 5.45. The van der Waals surface area contributed by atoms with Gasteiger partial charge in [0.05, 0.1) is 21.3 Å². The Morgan fingerprint density at radius 2 is 1.59 bits per heavy atom. The first-order valence-electron chi connectivity index (χ1n) is 6.77. The number of halogens is 2. The molecule has 7 heteroatoms. The van der Waals surface area contributed by atoms with Crippen LogP contribution < -0.4 is 19.5 Å². The van der Waals surface area contributed by atoms with E-state index in [1.165, 1.54) is 0 Å². The molecular weight excluding hydrogens is 327 g/mol. The highest BCUT2D eigenvalue weighted by Crippen LogP contribution is 2.39. The first kappa shape index (κ1) is 23.4. The highest BCUT2D eigenvalue weighted by atomic mass is 35.5. The van der Waals surface area contributed by atoms with Crippen LogP contribution in [-0.2, 0) is 6.54 Å². The topological polar surface area (TPSA) is 43.0 Å². The molecule has 0 atom stereocenters. The number of rotatable bonds is 9. The van der Waals surface area contributed by atoms with Crippen molar-refractivity contribution in [3.05, 3.63) is 17.7 Å². The number of methoxy groups -OCH3 is 3. The van der Waals surface area contributed by atoms with Crippen LogP contribution in [0.25, 0.3) is 0 Å². The predicted octanol–water partition coefficient (Wildman–Crippen LogP) is 2.60. The molecule has 1 N–H and O–H groups in total. The minimum absolute atomic E-state index is 0. The van der Waals surface area contributed by atoms with E-state index in [-0.39, 0.29) is 24.8 Å². The van der Waals surface area contributed by atoms with Crippen molar-refractivity contribution in [3.63, 3.8) is 0 Å². The maximum Gasteiger partial charge on any atom is 0.203 e. The number of nitrogens with zero attached hydrogens (tertiary/aromatic N) is 1. The Balaban J connectivity index is 0. The van der Waals surface area contributed by atoms with Crippen LogP contribution in [0.1, 0.15) is 12.0 Å². The second-order valence-corrected chi connectivity index (χ2v) is 4.83. The summed E-state index contributed by atoms with van der Waals surface area (Å²) >= 11 is 0. The number of ether oxygens (including phenoxy) is 3. The molecule has 0 aliphatic carbocycles. The standard InChI is InChI=1S/C15H26N2O3.2ClH/c1-17(2)10-6-9-16-11-12-7-8-13(18-3)15(20-5)14(12)19-4;;/h7-8,16H,6,9-11H2,1-5H3;2*1H. The zero-order valence-corrected chi connectivity index (χ0v) is 15.6. The lowest BCUT2D eigenvalue weighted by molar-refractivity contribution is 0.321. The van der Waals surface area contributed by atoms with Crippen molar-refractivity contribution in [1.29, 1.82) is 0 Å². The van der Waals surface area contributed by atoms with Crippen molar-refractivity contribution in [3.8, 4) is 17.2 Å². The smallest absolute Gasteiger partial charge is 0.203 e. The quantitative estimate of drug-likeness (QED) is 0.690. The zero-order chi connectivity index (χ0) is 15.0. The van der Waals surface area contributed by atoms with Gasteiger partial charge in [-0.3, -0.25) is 0 Å². The van der Waals surface area contributed by atoms with Crippen LogP contribution in [0.4, 0.5) is 0 Å². The fourth-order valence-corrected chi connectivity index (χ4v) is 2.05. The van der Waals surface area contributed by atoms with Crippen LogP contribution in [0.2, 0.25) is 0 Å². The Kier molecular flexibility index (Phi) is 13.4. The van der Waals surface area contributed by atoms with Gasteiger partial charge in [-0.25, -0.2) is 0 Å². The second-order valence-electron chi connectivity index (χ2n) is 4.83. The van der Waals surface area contributed by atoms with Gasteiger partial charge in [-0.2, -0.15) is 0 Å². The first-order chi connectivity index (χ1) is 9.63. The lowest BCUT2D eigenvalue weighted by atomic mass is 10.1. The van der Waals surface area contributed by atoms with Crippen LogP contribution in [0.3, 0.4) is 0 Å². The summed E-state index contributed by atoms with van der Waals surface area (Å²) in [5, 5.41) is 3.42. The molecule has 5 nitrogen and oxygen atoms in total. The fraction of sp³-hybridized carbons (Fsp3) is 0.600. The third kappa shape index (κ3) is 6.92. The third-order valence-corrected chi connectivity index (χ3v) is 3.06. The van der Waals surface area contributed by atoms with E-state index in [0.29, 0.717) is 11.5 Å². The molecule has 0 saturated carbocycles. The van der Waals surface area contributed by atoms with Gasteiger partial charge >= 0.3 is 0 Å². The molecule has 0 amide bonds. The molecular formula is C15H28Cl2N2O3. The molecule has 0 bridgehead atoms. The number of hydrogen-bond acceptors (Lipinski definition) is 5. The summed E-state index contributed by atoms with van der Waals surface area (Å²) in [4.78, 5) is 2.18. The molecule has 0 aliphatic heterocycles. The van der Waals surface area contributed by atoms with E-state index >= 15 is 0 Å². The fourth-order valence-electron chi connectivity index (χ4n) is 2.05. The molecule has 0 spiro atoms. The average molecular weight is 355 g/mol. The molecule has 1 rings (SSSR count). The summed E-state index contributed by atoms with van der Waals surface area (Å²) in [6, 6.07) is 3.90. The highest BCUT2D eigenvalue weighted by Gasteiger charge is 2.15. The van der Waals surface area contributed by atoms with Gasteiger partial charge in [-0.15, -0.1) is 24.8 Å². The summed E-state index contributed by atoms with van der Waals surface area (Å²) < 4.78 is 16.1. The van der Waals surface area contributed by atoms with Gasteiger partial charge in [0, 0.05) is 12.1 Å². The molecule has 0 radical (unpaired) electrons. The minimum atomic E-state index is 0. The molecule has 0 unspecified atom stereocenters. The summed E-state index contributed by atoms with van der Waals surface area (Å²) in [6.07, 6.45) is 1.11. The van der Waals surface area contributed by atoms with Gasteiger partial charge < -0.3 is 24.4 Å². The van der Waals surface area contributed by atoms with E-state index in [4.69, 9.17) is 14.2 Å². The maximum atomic E-state index is 5.45. The molecule has 0 fully saturated rings. The Bertz CT molecular complexity index is 418. The highest BCUT2D eigenvalue weighted by molar-refractivity contribution is 5.85. The normalized spacial score (nSPS) is 9.73. The number of benzene rings is 1.